The molecule has 1 rings (SSSR count). The van der Waals surface area contributed by atoms with Gasteiger partial charge in [0.25, 0.3) is 5.69 Å². The number of hydrogen-bond acceptors (Lipinski definition) is 4. The summed E-state index contributed by atoms with van der Waals surface area (Å²) < 4.78 is 5.10. The molecule has 0 fully saturated rings. The minimum absolute atomic E-state index is 0.0503. The lowest BCUT2D eigenvalue weighted by Gasteiger charge is -2.16. The Labute approximate surface area is 111 Å². The van der Waals surface area contributed by atoms with E-state index in [1.54, 1.807) is 13.2 Å². The molecule has 1 aromatic rings. The Hall–Kier alpha value is -1.17. The first-order chi connectivity index (χ1) is 8.49. The molecule has 5 nitrogen and oxygen atoms in total. The topological polar surface area (TPSA) is 64.4 Å². The number of likely N-dealkylation sites (N-methyl/N-ethyl adjacent to an activating group) is 1. The van der Waals surface area contributed by atoms with E-state index < -0.39 is 4.92 Å². The summed E-state index contributed by atoms with van der Waals surface area (Å²) in [6, 6.07) is 3.33. The Kier molecular flexibility index (Phi) is 5.53. The number of benzene rings is 1. The van der Waals surface area contributed by atoms with Crippen LogP contribution in [0.3, 0.4) is 0 Å². The number of aryl methyl sites for hydroxylation is 1. The Bertz CT molecular complexity index is 438. The standard InChI is InChI=1S/C12H17ClN2O3/c1-8-4-12(15(16)17)11(13)6-9(8)5-10(14-2)7-18-3/h4,6,10,14H,5,7H2,1-3H3. The van der Waals surface area contributed by atoms with Crippen LogP contribution >= 0.6 is 11.6 Å². The van der Waals surface area contributed by atoms with Gasteiger partial charge in [0.2, 0.25) is 0 Å². The van der Waals surface area contributed by atoms with E-state index in [0.29, 0.717) is 13.0 Å². The van der Waals surface area contributed by atoms with E-state index in [9.17, 15) is 10.1 Å². The molecule has 0 bridgehead atoms. The molecule has 0 aliphatic heterocycles. The van der Waals surface area contributed by atoms with Crippen LogP contribution in [-0.2, 0) is 11.2 Å². The van der Waals surface area contributed by atoms with Crippen LogP contribution in [0.5, 0.6) is 0 Å². The van der Waals surface area contributed by atoms with Gasteiger partial charge in [0.05, 0.1) is 11.5 Å². The van der Waals surface area contributed by atoms with Gasteiger partial charge in [-0.25, -0.2) is 0 Å². The number of ether oxygens (including phenoxy) is 1. The zero-order valence-corrected chi connectivity index (χ0v) is 11.5. The lowest BCUT2D eigenvalue weighted by Crippen LogP contribution is -2.32. The summed E-state index contributed by atoms with van der Waals surface area (Å²) >= 11 is 5.91. The Morgan fingerprint density at radius 3 is 2.72 bits per heavy atom. The van der Waals surface area contributed by atoms with Crippen molar-refractivity contribution in [2.75, 3.05) is 20.8 Å². The monoisotopic (exact) mass is 272 g/mol. The zero-order valence-electron chi connectivity index (χ0n) is 10.7. The van der Waals surface area contributed by atoms with E-state index >= 15 is 0 Å². The smallest absolute Gasteiger partial charge is 0.288 e. The maximum Gasteiger partial charge on any atom is 0.288 e. The van der Waals surface area contributed by atoms with Gasteiger partial charge in [-0.15, -0.1) is 0 Å². The number of methoxy groups -OCH3 is 1. The van der Waals surface area contributed by atoms with Crippen molar-refractivity contribution < 1.29 is 9.66 Å². The minimum atomic E-state index is -0.468. The van der Waals surface area contributed by atoms with Crippen molar-refractivity contribution in [3.05, 3.63) is 38.4 Å². The molecule has 0 aliphatic carbocycles. The van der Waals surface area contributed by atoms with E-state index in [2.05, 4.69) is 5.32 Å². The van der Waals surface area contributed by atoms with Gasteiger partial charge in [0.1, 0.15) is 5.02 Å². The minimum Gasteiger partial charge on any atom is -0.383 e. The van der Waals surface area contributed by atoms with Gasteiger partial charge in [0.15, 0.2) is 0 Å². The normalized spacial score (nSPS) is 12.4. The average Bonchev–Trinajstić information content (AvgIpc) is 2.32. The third-order valence-electron chi connectivity index (χ3n) is 2.84. The molecule has 1 N–H and O–H groups in total. The lowest BCUT2D eigenvalue weighted by atomic mass is 10.0. The van der Waals surface area contributed by atoms with Crippen LogP contribution in [0.15, 0.2) is 12.1 Å². The molecule has 1 unspecified atom stereocenters. The Morgan fingerprint density at radius 2 is 2.22 bits per heavy atom. The van der Waals surface area contributed by atoms with Crippen molar-refractivity contribution in [1.29, 1.82) is 0 Å². The second-order valence-electron chi connectivity index (χ2n) is 4.13. The number of nitro benzene ring substituents is 1. The maximum atomic E-state index is 10.8. The van der Waals surface area contributed by atoms with E-state index in [4.69, 9.17) is 16.3 Å². The van der Waals surface area contributed by atoms with Crippen molar-refractivity contribution in [2.45, 2.75) is 19.4 Å². The summed E-state index contributed by atoms with van der Waals surface area (Å²) in [5.41, 5.74) is 1.80. The zero-order chi connectivity index (χ0) is 13.7. The SMILES string of the molecule is CNC(COC)Cc1cc(Cl)c([N+](=O)[O-])cc1C. The maximum absolute atomic E-state index is 10.8. The van der Waals surface area contributed by atoms with Gasteiger partial charge in [-0.2, -0.15) is 0 Å². The van der Waals surface area contributed by atoms with Gasteiger partial charge in [-0.05, 0) is 37.6 Å². The molecule has 0 saturated heterocycles. The van der Waals surface area contributed by atoms with Crippen LogP contribution in [0, 0.1) is 17.0 Å². The van der Waals surface area contributed by atoms with Crippen LogP contribution < -0.4 is 5.32 Å². The summed E-state index contributed by atoms with van der Waals surface area (Å²) in [5, 5.41) is 14.1. The number of rotatable bonds is 6. The van der Waals surface area contributed by atoms with Gasteiger partial charge in [-0.1, -0.05) is 11.6 Å². The molecule has 6 heteroatoms. The van der Waals surface area contributed by atoms with Gasteiger partial charge < -0.3 is 10.1 Å². The summed E-state index contributed by atoms with van der Waals surface area (Å²) in [6.45, 7) is 2.42. The fourth-order valence-electron chi connectivity index (χ4n) is 1.78. The number of nitro groups is 1. The molecular weight excluding hydrogens is 256 g/mol. The highest BCUT2D eigenvalue weighted by atomic mass is 35.5. The summed E-state index contributed by atoms with van der Waals surface area (Å²) in [6.07, 6.45) is 0.716. The third-order valence-corrected chi connectivity index (χ3v) is 3.15. The van der Waals surface area contributed by atoms with Gasteiger partial charge in [0, 0.05) is 19.2 Å². The molecule has 100 valence electrons. The summed E-state index contributed by atoms with van der Waals surface area (Å²) in [7, 11) is 3.49. The molecule has 0 aromatic heterocycles. The van der Waals surface area contributed by atoms with Crippen molar-refractivity contribution in [3.63, 3.8) is 0 Å². The number of nitrogens with one attached hydrogen (secondary N) is 1. The first-order valence-electron chi connectivity index (χ1n) is 5.59. The summed E-state index contributed by atoms with van der Waals surface area (Å²) in [4.78, 5) is 10.3. The van der Waals surface area contributed by atoms with E-state index in [-0.39, 0.29) is 16.8 Å². The molecule has 18 heavy (non-hydrogen) atoms. The predicted octanol–water partition coefficient (Wildman–Crippen LogP) is 2.33. The van der Waals surface area contributed by atoms with Crippen molar-refractivity contribution in [1.82, 2.24) is 5.32 Å². The van der Waals surface area contributed by atoms with Gasteiger partial charge in [-0.3, -0.25) is 10.1 Å². The second-order valence-corrected chi connectivity index (χ2v) is 4.54. The Morgan fingerprint density at radius 1 is 1.56 bits per heavy atom. The fourth-order valence-corrected chi connectivity index (χ4v) is 2.03. The number of nitrogens with zero attached hydrogens (tertiary/aromatic N) is 1. The number of halogens is 1. The number of hydrogen-bond donors (Lipinski definition) is 1. The quantitative estimate of drug-likeness (QED) is 0.638. The van der Waals surface area contributed by atoms with Crippen molar-refractivity contribution in [3.8, 4) is 0 Å². The molecule has 0 saturated carbocycles. The van der Waals surface area contributed by atoms with Crippen LogP contribution in [0.25, 0.3) is 0 Å². The molecule has 0 heterocycles. The van der Waals surface area contributed by atoms with E-state index in [1.165, 1.54) is 6.07 Å². The molecule has 0 aliphatic rings. The van der Waals surface area contributed by atoms with Gasteiger partial charge >= 0.3 is 0 Å². The highest BCUT2D eigenvalue weighted by Crippen LogP contribution is 2.28. The first-order valence-corrected chi connectivity index (χ1v) is 5.97. The molecule has 0 amide bonds. The summed E-state index contributed by atoms with van der Waals surface area (Å²) in [5.74, 6) is 0. The average molecular weight is 273 g/mol. The molecule has 0 radical (unpaired) electrons. The predicted molar refractivity (Wildman–Crippen MR) is 71.3 cm³/mol. The van der Waals surface area contributed by atoms with Crippen LogP contribution in [0.1, 0.15) is 11.1 Å². The van der Waals surface area contributed by atoms with Crippen molar-refractivity contribution in [2.24, 2.45) is 0 Å². The molecule has 1 atom stereocenters. The molecule has 1 aromatic carbocycles. The second kappa shape index (κ2) is 6.68. The highest BCUT2D eigenvalue weighted by Gasteiger charge is 2.16. The lowest BCUT2D eigenvalue weighted by molar-refractivity contribution is -0.384. The molecular formula is C12H17ClN2O3. The largest absolute Gasteiger partial charge is 0.383 e. The van der Waals surface area contributed by atoms with E-state index in [0.717, 1.165) is 11.1 Å². The third kappa shape index (κ3) is 3.66. The van der Waals surface area contributed by atoms with Crippen LogP contribution in [-0.4, -0.2) is 31.7 Å². The Balaban J connectivity index is 2.97. The highest BCUT2D eigenvalue weighted by molar-refractivity contribution is 6.32. The van der Waals surface area contributed by atoms with Crippen molar-refractivity contribution >= 4 is 17.3 Å². The first kappa shape index (κ1) is 14.9. The van der Waals surface area contributed by atoms with Crippen LogP contribution in [0.2, 0.25) is 5.02 Å². The van der Waals surface area contributed by atoms with Crippen LogP contribution in [0.4, 0.5) is 5.69 Å². The van der Waals surface area contributed by atoms with E-state index in [1.807, 2.05) is 14.0 Å². The molecule has 0 spiro atoms. The fraction of sp³-hybridized carbons (Fsp3) is 0.500.